The van der Waals surface area contributed by atoms with Crippen LogP contribution in [0.1, 0.15) is 33.1 Å². The molecule has 114 valence electrons. The summed E-state index contributed by atoms with van der Waals surface area (Å²) in [5, 5.41) is 7.30. The minimum atomic E-state index is 0.306. The SMILES string of the molecule is CC(C)CCCCNc1nc(NN)nc(-n2cccn2)n1. The minimum absolute atomic E-state index is 0.306. The van der Waals surface area contributed by atoms with E-state index in [-0.39, 0.29) is 0 Å². The van der Waals surface area contributed by atoms with Crippen molar-refractivity contribution < 1.29 is 0 Å². The normalized spacial score (nSPS) is 10.9. The van der Waals surface area contributed by atoms with E-state index in [1.807, 2.05) is 0 Å². The van der Waals surface area contributed by atoms with Crippen LogP contribution in [0.3, 0.4) is 0 Å². The Hall–Kier alpha value is -2.22. The first-order valence-electron chi connectivity index (χ1n) is 7.15. The second kappa shape index (κ2) is 7.53. The number of hydrazine groups is 1. The lowest BCUT2D eigenvalue weighted by Gasteiger charge is -2.09. The average Bonchev–Trinajstić information content (AvgIpc) is 3.00. The molecule has 4 N–H and O–H groups in total. The summed E-state index contributed by atoms with van der Waals surface area (Å²) in [7, 11) is 0. The van der Waals surface area contributed by atoms with Gasteiger partial charge in [0.05, 0.1) is 0 Å². The van der Waals surface area contributed by atoms with Crippen LogP contribution in [-0.4, -0.2) is 31.3 Å². The maximum atomic E-state index is 5.39. The fourth-order valence-corrected chi connectivity index (χ4v) is 1.88. The van der Waals surface area contributed by atoms with Crippen molar-refractivity contribution in [2.75, 3.05) is 17.3 Å². The molecule has 21 heavy (non-hydrogen) atoms. The van der Waals surface area contributed by atoms with E-state index in [0.717, 1.165) is 18.9 Å². The molecule has 2 heterocycles. The lowest BCUT2D eigenvalue weighted by atomic mass is 10.1. The van der Waals surface area contributed by atoms with Crippen LogP contribution < -0.4 is 16.6 Å². The maximum Gasteiger partial charge on any atom is 0.257 e. The molecule has 8 nitrogen and oxygen atoms in total. The van der Waals surface area contributed by atoms with Gasteiger partial charge in [0.15, 0.2) is 0 Å². The molecule has 0 fully saturated rings. The number of anilines is 2. The highest BCUT2D eigenvalue weighted by Crippen LogP contribution is 2.09. The second-order valence-corrected chi connectivity index (χ2v) is 5.19. The van der Waals surface area contributed by atoms with Gasteiger partial charge < -0.3 is 5.32 Å². The molecule has 0 unspecified atom stereocenters. The Balaban J connectivity index is 1.97. The van der Waals surface area contributed by atoms with Crippen LogP contribution in [0.15, 0.2) is 18.5 Å². The number of nitrogens with two attached hydrogens (primary N) is 1. The van der Waals surface area contributed by atoms with E-state index in [9.17, 15) is 0 Å². The fourth-order valence-electron chi connectivity index (χ4n) is 1.88. The van der Waals surface area contributed by atoms with Crippen LogP contribution in [0, 0.1) is 5.92 Å². The minimum Gasteiger partial charge on any atom is -0.354 e. The van der Waals surface area contributed by atoms with Crippen molar-refractivity contribution in [2.45, 2.75) is 33.1 Å². The number of aromatic nitrogens is 5. The summed E-state index contributed by atoms with van der Waals surface area (Å²) in [6.45, 7) is 5.28. The van der Waals surface area contributed by atoms with Crippen molar-refractivity contribution >= 4 is 11.9 Å². The monoisotopic (exact) mass is 290 g/mol. The quantitative estimate of drug-likeness (QED) is 0.385. The number of nitrogen functional groups attached to an aromatic ring is 1. The molecule has 0 saturated heterocycles. The zero-order chi connectivity index (χ0) is 15.1. The molecule has 0 aliphatic heterocycles. The summed E-state index contributed by atoms with van der Waals surface area (Å²) in [6.07, 6.45) is 6.92. The lowest BCUT2D eigenvalue weighted by molar-refractivity contribution is 0.544. The molecule has 2 aromatic rings. The molecule has 0 radical (unpaired) electrons. The zero-order valence-electron chi connectivity index (χ0n) is 12.5. The van der Waals surface area contributed by atoms with Gasteiger partial charge in [-0.25, -0.2) is 10.5 Å². The number of hydrogen-bond donors (Lipinski definition) is 3. The molecule has 2 rings (SSSR count). The Morgan fingerprint density at radius 3 is 2.67 bits per heavy atom. The van der Waals surface area contributed by atoms with Gasteiger partial charge >= 0.3 is 0 Å². The van der Waals surface area contributed by atoms with Crippen molar-refractivity contribution in [2.24, 2.45) is 11.8 Å². The zero-order valence-corrected chi connectivity index (χ0v) is 12.5. The van der Waals surface area contributed by atoms with Crippen LogP contribution in [0.4, 0.5) is 11.9 Å². The topological polar surface area (TPSA) is 107 Å². The highest BCUT2D eigenvalue weighted by atomic mass is 15.4. The molecule has 2 aromatic heterocycles. The predicted octanol–water partition coefficient (Wildman–Crippen LogP) is 1.58. The summed E-state index contributed by atoms with van der Waals surface area (Å²) >= 11 is 0. The van der Waals surface area contributed by atoms with Gasteiger partial charge in [0.1, 0.15) is 0 Å². The van der Waals surface area contributed by atoms with Crippen molar-refractivity contribution in [3.8, 4) is 5.95 Å². The molecule has 0 spiro atoms. The van der Waals surface area contributed by atoms with Gasteiger partial charge in [-0.2, -0.15) is 20.1 Å². The first kappa shape index (κ1) is 15.2. The van der Waals surface area contributed by atoms with Crippen LogP contribution in [0.25, 0.3) is 5.95 Å². The van der Waals surface area contributed by atoms with Gasteiger partial charge in [0, 0.05) is 18.9 Å². The fraction of sp³-hybridized carbons (Fsp3) is 0.538. The van der Waals surface area contributed by atoms with E-state index in [2.05, 4.69) is 44.6 Å². The average molecular weight is 290 g/mol. The van der Waals surface area contributed by atoms with Crippen LogP contribution in [0.2, 0.25) is 0 Å². The van der Waals surface area contributed by atoms with Gasteiger partial charge in [-0.1, -0.05) is 26.7 Å². The Morgan fingerprint density at radius 1 is 1.19 bits per heavy atom. The van der Waals surface area contributed by atoms with Gasteiger partial charge in [0.2, 0.25) is 11.9 Å². The van der Waals surface area contributed by atoms with Crippen LogP contribution in [0.5, 0.6) is 0 Å². The smallest absolute Gasteiger partial charge is 0.257 e. The molecule has 0 aromatic carbocycles. The third-order valence-corrected chi connectivity index (χ3v) is 2.95. The highest BCUT2D eigenvalue weighted by molar-refractivity contribution is 5.36. The van der Waals surface area contributed by atoms with Gasteiger partial charge in [0.25, 0.3) is 5.95 Å². The number of unbranched alkanes of at least 4 members (excludes halogenated alkanes) is 1. The van der Waals surface area contributed by atoms with Crippen LogP contribution in [-0.2, 0) is 0 Å². The van der Waals surface area contributed by atoms with E-state index in [0.29, 0.717) is 17.8 Å². The maximum absolute atomic E-state index is 5.39. The standard InChI is InChI=1S/C13H22N8/c1-10(2)6-3-4-7-15-11-17-12(20-14)19-13(18-11)21-9-5-8-16-21/h5,8-10H,3-4,6-7,14H2,1-2H3,(H2,15,17,18,19,20). The summed E-state index contributed by atoms with van der Waals surface area (Å²) in [6, 6.07) is 1.80. The summed E-state index contributed by atoms with van der Waals surface area (Å²) in [5.74, 6) is 7.35. The largest absolute Gasteiger partial charge is 0.354 e. The predicted molar refractivity (Wildman–Crippen MR) is 81.9 cm³/mol. The molecule has 0 aliphatic rings. The Kier molecular flexibility index (Phi) is 5.44. The molecule has 0 amide bonds. The third kappa shape index (κ3) is 4.67. The first-order valence-corrected chi connectivity index (χ1v) is 7.15. The second-order valence-electron chi connectivity index (χ2n) is 5.19. The number of rotatable bonds is 8. The summed E-state index contributed by atoms with van der Waals surface area (Å²) < 4.78 is 1.56. The molecule has 8 heteroatoms. The summed E-state index contributed by atoms with van der Waals surface area (Å²) in [4.78, 5) is 12.7. The number of hydrogen-bond acceptors (Lipinski definition) is 7. The van der Waals surface area contributed by atoms with Gasteiger partial charge in [-0.3, -0.25) is 5.43 Å². The Bertz CT molecular complexity index is 537. The Labute approximate surface area is 124 Å². The first-order chi connectivity index (χ1) is 10.2. The van der Waals surface area contributed by atoms with E-state index in [4.69, 9.17) is 5.84 Å². The molecule has 0 atom stereocenters. The van der Waals surface area contributed by atoms with Crippen molar-refractivity contribution in [3.05, 3.63) is 18.5 Å². The van der Waals surface area contributed by atoms with E-state index in [1.165, 1.54) is 12.8 Å². The highest BCUT2D eigenvalue weighted by Gasteiger charge is 2.07. The van der Waals surface area contributed by atoms with Crippen LogP contribution >= 0.6 is 0 Å². The number of nitrogens with one attached hydrogen (secondary N) is 2. The van der Waals surface area contributed by atoms with Gasteiger partial charge in [-0.15, -0.1) is 0 Å². The van der Waals surface area contributed by atoms with E-state index >= 15 is 0 Å². The molecule has 0 aliphatic carbocycles. The van der Waals surface area contributed by atoms with E-state index < -0.39 is 0 Å². The third-order valence-electron chi connectivity index (χ3n) is 2.95. The number of nitrogens with zero attached hydrogens (tertiary/aromatic N) is 5. The van der Waals surface area contributed by atoms with Crippen molar-refractivity contribution in [1.82, 2.24) is 24.7 Å². The Morgan fingerprint density at radius 2 is 2.00 bits per heavy atom. The molecule has 0 bridgehead atoms. The van der Waals surface area contributed by atoms with E-state index in [1.54, 1.807) is 23.1 Å². The molecular weight excluding hydrogens is 268 g/mol. The molecular formula is C13H22N8. The van der Waals surface area contributed by atoms with Gasteiger partial charge in [-0.05, 0) is 18.4 Å². The lowest BCUT2D eigenvalue weighted by Crippen LogP contribution is -2.16. The van der Waals surface area contributed by atoms with Crippen molar-refractivity contribution in [1.29, 1.82) is 0 Å². The molecule has 0 saturated carbocycles. The van der Waals surface area contributed by atoms with Crippen molar-refractivity contribution in [3.63, 3.8) is 0 Å². The summed E-state index contributed by atoms with van der Waals surface area (Å²) in [5.41, 5.74) is 2.44.